The fourth-order valence-electron chi connectivity index (χ4n) is 2.69. The first-order chi connectivity index (χ1) is 13.2. The van der Waals surface area contributed by atoms with Crippen LogP contribution in [0.4, 0.5) is 0 Å². The van der Waals surface area contributed by atoms with E-state index < -0.39 is 0 Å². The van der Waals surface area contributed by atoms with E-state index in [2.05, 4.69) is 27.8 Å². The van der Waals surface area contributed by atoms with Crippen molar-refractivity contribution >= 4 is 5.96 Å². The molecule has 2 rings (SSSR count). The van der Waals surface area contributed by atoms with Gasteiger partial charge in [0.05, 0.1) is 27.4 Å². The standard InChI is InChI=1S/C21H29N3O3/c1-5-22-21(23-13-16-8-6-7-9-18(16)15-25-2)24-14-17-10-11-19(26-3)12-20(17)27-4/h6-12H,5,13-15H2,1-4H3,(H2,22,23,24). The molecule has 0 saturated carbocycles. The maximum absolute atomic E-state index is 5.45. The minimum atomic E-state index is 0.502. The monoisotopic (exact) mass is 371 g/mol. The molecule has 0 radical (unpaired) electrons. The summed E-state index contributed by atoms with van der Waals surface area (Å²) in [6, 6.07) is 14.0. The molecular weight excluding hydrogens is 342 g/mol. The number of guanidine groups is 1. The summed E-state index contributed by atoms with van der Waals surface area (Å²) >= 11 is 0. The van der Waals surface area contributed by atoms with Crippen molar-refractivity contribution in [3.05, 3.63) is 59.2 Å². The molecule has 0 saturated heterocycles. The van der Waals surface area contributed by atoms with Gasteiger partial charge < -0.3 is 24.8 Å². The molecule has 146 valence electrons. The number of hydrogen-bond acceptors (Lipinski definition) is 4. The highest BCUT2D eigenvalue weighted by Crippen LogP contribution is 2.25. The van der Waals surface area contributed by atoms with E-state index in [1.165, 1.54) is 11.1 Å². The first-order valence-electron chi connectivity index (χ1n) is 9.00. The van der Waals surface area contributed by atoms with Crippen LogP contribution in [0.3, 0.4) is 0 Å². The van der Waals surface area contributed by atoms with Crippen molar-refractivity contribution < 1.29 is 14.2 Å². The highest BCUT2D eigenvalue weighted by Gasteiger charge is 2.06. The zero-order valence-electron chi connectivity index (χ0n) is 16.5. The number of nitrogens with zero attached hydrogens (tertiary/aromatic N) is 1. The van der Waals surface area contributed by atoms with Crippen LogP contribution in [0.2, 0.25) is 0 Å². The van der Waals surface area contributed by atoms with Gasteiger partial charge in [-0.25, -0.2) is 4.99 Å². The summed E-state index contributed by atoms with van der Waals surface area (Å²) in [6.45, 7) is 4.59. The van der Waals surface area contributed by atoms with Crippen LogP contribution in [0.1, 0.15) is 23.6 Å². The number of benzene rings is 2. The minimum absolute atomic E-state index is 0.502. The molecule has 6 nitrogen and oxygen atoms in total. The Morgan fingerprint density at radius 1 is 0.926 bits per heavy atom. The molecule has 0 fully saturated rings. The molecule has 0 amide bonds. The van der Waals surface area contributed by atoms with Crippen molar-refractivity contribution in [1.82, 2.24) is 10.6 Å². The molecule has 0 spiro atoms. The Morgan fingerprint density at radius 3 is 2.37 bits per heavy atom. The van der Waals surface area contributed by atoms with Crippen molar-refractivity contribution in [3.63, 3.8) is 0 Å². The first kappa shape index (κ1) is 20.6. The third-order valence-electron chi connectivity index (χ3n) is 4.11. The van der Waals surface area contributed by atoms with Crippen LogP contribution in [-0.2, 0) is 24.4 Å². The van der Waals surface area contributed by atoms with Crippen LogP contribution in [0, 0.1) is 0 Å². The topological polar surface area (TPSA) is 64.1 Å². The summed E-state index contributed by atoms with van der Waals surface area (Å²) in [5.41, 5.74) is 3.35. The Kier molecular flexibility index (Phi) is 8.45. The van der Waals surface area contributed by atoms with Crippen LogP contribution in [0.15, 0.2) is 47.5 Å². The zero-order chi connectivity index (χ0) is 19.5. The summed E-state index contributed by atoms with van der Waals surface area (Å²) in [5, 5.41) is 6.66. The minimum Gasteiger partial charge on any atom is -0.497 e. The van der Waals surface area contributed by atoms with Gasteiger partial charge in [0.2, 0.25) is 0 Å². The van der Waals surface area contributed by atoms with Gasteiger partial charge in [0, 0.05) is 31.8 Å². The van der Waals surface area contributed by atoms with Crippen molar-refractivity contribution in [3.8, 4) is 11.5 Å². The van der Waals surface area contributed by atoms with Crippen molar-refractivity contribution in [2.75, 3.05) is 27.9 Å². The van der Waals surface area contributed by atoms with E-state index in [1.807, 2.05) is 37.3 Å². The molecule has 2 N–H and O–H groups in total. The molecule has 0 heterocycles. The summed E-state index contributed by atoms with van der Waals surface area (Å²) in [6.07, 6.45) is 0. The van der Waals surface area contributed by atoms with Crippen LogP contribution in [0.25, 0.3) is 0 Å². The number of rotatable bonds is 9. The SMILES string of the molecule is CCNC(=NCc1ccc(OC)cc1OC)NCc1ccccc1COC. The fraction of sp³-hybridized carbons (Fsp3) is 0.381. The smallest absolute Gasteiger partial charge is 0.191 e. The second kappa shape index (κ2) is 11.1. The number of methoxy groups -OCH3 is 3. The zero-order valence-corrected chi connectivity index (χ0v) is 16.5. The molecule has 0 aliphatic carbocycles. The molecular formula is C21H29N3O3. The van der Waals surface area contributed by atoms with E-state index in [0.29, 0.717) is 19.7 Å². The maximum Gasteiger partial charge on any atom is 0.191 e. The Bertz CT molecular complexity index is 747. The van der Waals surface area contributed by atoms with Crippen molar-refractivity contribution in [2.24, 2.45) is 4.99 Å². The average Bonchev–Trinajstić information content (AvgIpc) is 2.71. The van der Waals surface area contributed by atoms with Crippen LogP contribution < -0.4 is 20.1 Å². The van der Waals surface area contributed by atoms with E-state index in [1.54, 1.807) is 21.3 Å². The largest absolute Gasteiger partial charge is 0.497 e. The van der Waals surface area contributed by atoms with E-state index in [9.17, 15) is 0 Å². The fourth-order valence-corrected chi connectivity index (χ4v) is 2.69. The Balaban J connectivity index is 2.09. The van der Waals surface area contributed by atoms with Gasteiger partial charge in [0.25, 0.3) is 0 Å². The lowest BCUT2D eigenvalue weighted by molar-refractivity contribution is 0.184. The summed E-state index contributed by atoms with van der Waals surface area (Å²) in [5.74, 6) is 2.28. The van der Waals surface area contributed by atoms with Gasteiger partial charge in [-0.05, 0) is 30.2 Å². The number of hydrogen-bond donors (Lipinski definition) is 2. The predicted octanol–water partition coefficient (Wildman–Crippen LogP) is 3.11. The van der Waals surface area contributed by atoms with Crippen molar-refractivity contribution in [2.45, 2.75) is 26.6 Å². The second-order valence-electron chi connectivity index (χ2n) is 5.93. The first-order valence-corrected chi connectivity index (χ1v) is 9.00. The van der Waals surface area contributed by atoms with Crippen LogP contribution in [0.5, 0.6) is 11.5 Å². The molecule has 0 bridgehead atoms. The molecule has 0 atom stereocenters. The van der Waals surface area contributed by atoms with Gasteiger partial charge in [-0.1, -0.05) is 24.3 Å². The summed E-state index contributed by atoms with van der Waals surface area (Å²) in [4.78, 5) is 4.68. The van der Waals surface area contributed by atoms with E-state index in [4.69, 9.17) is 14.2 Å². The van der Waals surface area contributed by atoms with Gasteiger partial charge in [-0.3, -0.25) is 0 Å². The summed E-state index contributed by atoms with van der Waals surface area (Å²) < 4.78 is 16.0. The third-order valence-corrected chi connectivity index (χ3v) is 4.11. The highest BCUT2D eigenvalue weighted by atomic mass is 16.5. The quantitative estimate of drug-likeness (QED) is 0.524. The Hall–Kier alpha value is -2.73. The van der Waals surface area contributed by atoms with Crippen molar-refractivity contribution in [1.29, 1.82) is 0 Å². The van der Waals surface area contributed by atoms with Crippen LogP contribution >= 0.6 is 0 Å². The van der Waals surface area contributed by atoms with E-state index in [-0.39, 0.29) is 0 Å². The van der Waals surface area contributed by atoms with Gasteiger partial charge in [0.15, 0.2) is 5.96 Å². The average molecular weight is 371 g/mol. The maximum atomic E-state index is 5.45. The lowest BCUT2D eigenvalue weighted by atomic mass is 10.1. The van der Waals surface area contributed by atoms with Gasteiger partial charge >= 0.3 is 0 Å². The molecule has 2 aromatic rings. The van der Waals surface area contributed by atoms with E-state index >= 15 is 0 Å². The second-order valence-corrected chi connectivity index (χ2v) is 5.93. The van der Waals surface area contributed by atoms with Gasteiger partial charge in [-0.2, -0.15) is 0 Å². The lowest BCUT2D eigenvalue weighted by Gasteiger charge is -2.14. The number of ether oxygens (including phenoxy) is 3. The molecule has 0 unspecified atom stereocenters. The number of nitrogens with one attached hydrogen (secondary N) is 2. The third kappa shape index (κ3) is 6.18. The molecule has 0 aromatic heterocycles. The lowest BCUT2D eigenvalue weighted by Crippen LogP contribution is -2.37. The van der Waals surface area contributed by atoms with Gasteiger partial charge in [0.1, 0.15) is 11.5 Å². The van der Waals surface area contributed by atoms with Gasteiger partial charge in [-0.15, -0.1) is 0 Å². The Morgan fingerprint density at radius 2 is 1.70 bits per heavy atom. The molecule has 6 heteroatoms. The molecule has 0 aliphatic heterocycles. The normalized spacial score (nSPS) is 11.2. The molecule has 0 aliphatic rings. The Labute approximate surface area is 161 Å². The van der Waals surface area contributed by atoms with E-state index in [0.717, 1.165) is 29.6 Å². The van der Waals surface area contributed by atoms with Crippen LogP contribution in [-0.4, -0.2) is 33.8 Å². The molecule has 2 aromatic carbocycles. The molecule has 27 heavy (non-hydrogen) atoms. The number of aliphatic imine (C=N–C) groups is 1. The summed E-state index contributed by atoms with van der Waals surface area (Å²) in [7, 11) is 5.00. The highest BCUT2D eigenvalue weighted by molar-refractivity contribution is 5.79. The predicted molar refractivity (Wildman–Crippen MR) is 108 cm³/mol.